The predicted octanol–water partition coefficient (Wildman–Crippen LogP) is 2.35. The molecule has 1 heterocycles. The number of carbonyl (C=O) groups is 2. The van der Waals surface area contributed by atoms with Gasteiger partial charge < -0.3 is 20.1 Å². The van der Waals surface area contributed by atoms with Crippen LogP contribution in [0.25, 0.3) is 0 Å². The van der Waals surface area contributed by atoms with E-state index in [1.807, 2.05) is 36.4 Å². The molecular weight excluding hydrogens is 320 g/mol. The van der Waals surface area contributed by atoms with Gasteiger partial charge in [0.25, 0.3) is 0 Å². The van der Waals surface area contributed by atoms with Crippen LogP contribution in [-0.2, 0) is 16.1 Å². The summed E-state index contributed by atoms with van der Waals surface area (Å²) in [6.07, 6.45) is 0.0732. The molecule has 1 aliphatic heterocycles. The van der Waals surface area contributed by atoms with Crippen LogP contribution in [0.1, 0.15) is 12.0 Å². The van der Waals surface area contributed by atoms with E-state index in [4.69, 9.17) is 9.47 Å². The first-order chi connectivity index (χ1) is 12.2. The first-order valence-corrected chi connectivity index (χ1v) is 8.08. The molecule has 0 fully saturated rings. The summed E-state index contributed by atoms with van der Waals surface area (Å²) < 4.78 is 10.8. The van der Waals surface area contributed by atoms with Crippen molar-refractivity contribution >= 4 is 17.5 Å². The largest absolute Gasteiger partial charge is 0.497 e. The number of ether oxygens (including phenoxy) is 2. The molecule has 130 valence electrons. The second-order valence-electron chi connectivity index (χ2n) is 5.83. The molecule has 2 aromatic carbocycles. The molecule has 0 radical (unpaired) electrons. The average Bonchev–Trinajstić information content (AvgIpc) is 2.79. The van der Waals surface area contributed by atoms with Gasteiger partial charge in [-0.25, -0.2) is 0 Å². The molecule has 1 unspecified atom stereocenters. The van der Waals surface area contributed by atoms with Gasteiger partial charge in [-0.3, -0.25) is 9.59 Å². The zero-order valence-corrected chi connectivity index (χ0v) is 14.0. The van der Waals surface area contributed by atoms with E-state index in [0.29, 0.717) is 18.0 Å². The molecule has 1 aliphatic rings. The smallest absolute Gasteiger partial charge is 0.231 e. The summed E-state index contributed by atoms with van der Waals surface area (Å²) in [5, 5.41) is 5.64. The summed E-state index contributed by atoms with van der Waals surface area (Å²) in [6, 6.07) is 14.7. The van der Waals surface area contributed by atoms with Crippen molar-refractivity contribution in [2.75, 3.05) is 19.0 Å². The minimum absolute atomic E-state index is 0.0732. The van der Waals surface area contributed by atoms with E-state index in [-0.39, 0.29) is 24.8 Å². The van der Waals surface area contributed by atoms with Gasteiger partial charge in [-0.1, -0.05) is 24.3 Å². The number of carbonyl (C=O) groups excluding carboxylic acids is 2. The van der Waals surface area contributed by atoms with Crippen molar-refractivity contribution in [2.45, 2.75) is 13.0 Å². The van der Waals surface area contributed by atoms with Gasteiger partial charge >= 0.3 is 0 Å². The molecule has 6 heteroatoms. The van der Waals surface area contributed by atoms with E-state index in [9.17, 15) is 9.59 Å². The lowest BCUT2D eigenvalue weighted by Gasteiger charge is -2.13. The number of hydrogen-bond acceptors (Lipinski definition) is 4. The number of fused-ring (bicyclic) bond motifs is 1. The Bertz CT molecular complexity index is 776. The van der Waals surface area contributed by atoms with Gasteiger partial charge in [0.2, 0.25) is 11.8 Å². The van der Waals surface area contributed by atoms with Gasteiger partial charge in [0.15, 0.2) is 0 Å². The van der Waals surface area contributed by atoms with Crippen LogP contribution < -0.4 is 20.1 Å². The van der Waals surface area contributed by atoms with Crippen LogP contribution in [0.15, 0.2) is 48.5 Å². The van der Waals surface area contributed by atoms with Gasteiger partial charge in [0.1, 0.15) is 18.1 Å². The third kappa shape index (κ3) is 4.29. The van der Waals surface area contributed by atoms with Crippen molar-refractivity contribution in [3.8, 4) is 11.5 Å². The second-order valence-corrected chi connectivity index (χ2v) is 5.83. The maximum Gasteiger partial charge on any atom is 0.231 e. The van der Waals surface area contributed by atoms with Crippen LogP contribution in [-0.4, -0.2) is 25.5 Å². The van der Waals surface area contributed by atoms with E-state index in [0.717, 1.165) is 11.3 Å². The van der Waals surface area contributed by atoms with Crippen LogP contribution in [0.2, 0.25) is 0 Å². The average molecular weight is 340 g/mol. The van der Waals surface area contributed by atoms with Crippen molar-refractivity contribution in [1.29, 1.82) is 0 Å². The molecule has 2 aromatic rings. The van der Waals surface area contributed by atoms with Crippen molar-refractivity contribution in [3.05, 3.63) is 54.1 Å². The molecule has 1 atom stereocenters. The van der Waals surface area contributed by atoms with Crippen LogP contribution in [0.3, 0.4) is 0 Å². The first kappa shape index (κ1) is 16.8. The highest BCUT2D eigenvalue weighted by Crippen LogP contribution is 2.28. The number of amides is 2. The molecule has 0 aromatic heterocycles. The predicted molar refractivity (Wildman–Crippen MR) is 93.5 cm³/mol. The lowest BCUT2D eigenvalue weighted by Crippen LogP contribution is -2.32. The fourth-order valence-electron chi connectivity index (χ4n) is 2.63. The zero-order chi connectivity index (χ0) is 17.6. The summed E-state index contributed by atoms with van der Waals surface area (Å²) in [5.74, 6) is 0.424. The fourth-order valence-corrected chi connectivity index (χ4v) is 2.63. The maximum absolute atomic E-state index is 12.3. The van der Waals surface area contributed by atoms with Gasteiger partial charge in [0.05, 0.1) is 18.7 Å². The minimum atomic E-state index is -0.530. The Morgan fingerprint density at radius 3 is 2.96 bits per heavy atom. The monoisotopic (exact) mass is 340 g/mol. The van der Waals surface area contributed by atoms with E-state index in [2.05, 4.69) is 10.6 Å². The van der Waals surface area contributed by atoms with Gasteiger partial charge in [-0.15, -0.1) is 0 Å². The highest BCUT2D eigenvalue weighted by Gasteiger charge is 2.26. The maximum atomic E-state index is 12.3. The molecule has 0 saturated carbocycles. The molecule has 0 spiro atoms. The van der Waals surface area contributed by atoms with E-state index < -0.39 is 5.92 Å². The van der Waals surface area contributed by atoms with Crippen LogP contribution >= 0.6 is 0 Å². The summed E-state index contributed by atoms with van der Waals surface area (Å²) >= 11 is 0. The Labute approximate surface area is 146 Å². The first-order valence-electron chi connectivity index (χ1n) is 8.08. The Kier molecular flexibility index (Phi) is 5.18. The van der Waals surface area contributed by atoms with Crippen LogP contribution in [0.4, 0.5) is 5.69 Å². The highest BCUT2D eigenvalue weighted by atomic mass is 16.5. The Hall–Kier alpha value is -3.02. The van der Waals surface area contributed by atoms with Crippen molar-refractivity contribution < 1.29 is 19.1 Å². The Morgan fingerprint density at radius 1 is 1.28 bits per heavy atom. The highest BCUT2D eigenvalue weighted by molar-refractivity contribution is 5.97. The quantitative estimate of drug-likeness (QED) is 0.876. The lowest BCUT2D eigenvalue weighted by atomic mass is 10.1. The molecule has 0 saturated heterocycles. The summed E-state index contributed by atoms with van der Waals surface area (Å²) in [6.45, 7) is 0.556. The molecule has 2 amide bonds. The van der Waals surface area contributed by atoms with Gasteiger partial charge in [0, 0.05) is 13.0 Å². The van der Waals surface area contributed by atoms with E-state index in [1.54, 1.807) is 19.2 Å². The number of nitrogens with one attached hydrogen (secondary N) is 2. The third-order valence-electron chi connectivity index (χ3n) is 4.01. The zero-order valence-electron chi connectivity index (χ0n) is 14.0. The van der Waals surface area contributed by atoms with Crippen LogP contribution in [0.5, 0.6) is 11.5 Å². The topological polar surface area (TPSA) is 76.7 Å². The number of rotatable bonds is 5. The van der Waals surface area contributed by atoms with E-state index >= 15 is 0 Å². The SMILES string of the molecule is COc1cccc(CNC(=O)CC2COc3ccccc3NC2=O)c1. The number of anilines is 1. The molecule has 6 nitrogen and oxygen atoms in total. The minimum Gasteiger partial charge on any atom is -0.497 e. The lowest BCUT2D eigenvalue weighted by molar-refractivity contribution is -0.128. The number of para-hydroxylation sites is 2. The van der Waals surface area contributed by atoms with Gasteiger partial charge in [-0.2, -0.15) is 0 Å². The molecular formula is C19H20N2O4. The summed E-state index contributed by atoms with van der Waals surface area (Å²) in [4.78, 5) is 24.5. The number of hydrogen-bond donors (Lipinski definition) is 2. The normalized spacial score (nSPS) is 16.0. The molecule has 2 N–H and O–H groups in total. The number of benzene rings is 2. The molecule has 0 aliphatic carbocycles. The molecule has 3 rings (SSSR count). The van der Waals surface area contributed by atoms with Crippen molar-refractivity contribution in [1.82, 2.24) is 5.32 Å². The Morgan fingerprint density at radius 2 is 2.12 bits per heavy atom. The standard InChI is InChI=1S/C19H20N2O4/c1-24-15-6-4-5-13(9-15)11-20-18(22)10-14-12-25-17-8-3-2-7-16(17)21-19(14)23/h2-9,14H,10-12H2,1H3,(H,20,22)(H,21,23). The number of methoxy groups -OCH3 is 1. The molecule has 25 heavy (non-hydrogen) atoms. The van der Waals surface area contributed by atoms with Crippen molar-refractivity contribution in [3.63, 3.8) is 0 Å². The van der Waals surface area contributed by atoms with Gasteiger partial charge in [-0.05, 0) is 29.8 Å². The fraction of sp³-hybridized carbons (Fsp3) is 0.263. The Balaban J connectivity index is 1.55. The second kappa shape index (κ2) is 7.70. The summed E-state index contributed by atoms with van der Waals surface area (Å²) in [5.41, 5.74) is 1.56. The van der Waals surface area contributed by atoms with Crippen molar-refractivity contribution in [2.24, 2.45) is 5.92 Å². The third-order valence-corrected chi connectivity index (χ3v) is 4.01. The van der Waals surface area contributed by atoms with Crippen LogP contribution in [0, 0.1) is 5.92 Å². The molecule has 0 bridgehead atoms. The summed E-state index contributed by atoms with van der Waals surface area (Å²) in [7, 11) is 1.60. The van der Waals surface area contributed by atoms with E-state index in [1.165, 1.54) is 0 Å².